The zero-order valence-corrected chi connectivity index (χ0v) is 15.5. The lowest BCUT2D eigenvalue weighted by atomic mass is 10.2. The van der Waals surface area contributed by atoms with Crippen LogP contribution >= 0.6 is 23.1 Å². The normalized spacial score (nSPS) is 11.8. The van der Waals surface area contributed by atoms with E-state index in [1.165, 1.54) is 24.5 Å². The summed E-state index contributed by atoms with van der Waals surface area (Å²) in [5.41, 5.74) is -0.142. The van der Waals surface area contributed by atoms with Crippen LogP contribution in [0.25, 0.3) is 10.2 Å². The number of carbonyl (C=O) groups is 1. The molecule has 0 atom stereocenters. The van der Waals surface area contributed by atoms with Gasteiger partial charge in [-0.15, -0.1) is 11.3 Å². The van der Waals surface area contributed by atoms with Crippen LogP contribution in [0.5, 0.6) is 0 Å². The van der Waals surface area contributed by atoms with Gasteiger partial charge in [-0.1, -0.05) is 0 Å². The van der Waals surface area contributed by atoms with Gasteiger partial charge in [-0.3, -0.25) is 0 Å². The van der Waals surface area contributed by atoms with Crippen molar-refractivity contribution in [2.24, 2.45) is 0 Å². The number of ether oxygens (including phenoxy) is 1. The molecule has 0 N–H and O–H groups in total. The second-order valence-corrected chi connectivity index (χ2v) is 7.30. The van der Waals surface area contributed by atoms with Gasteiger partial charge in [-0.05, 0) is 43.3 Å². The van der Waals surface area contributed by atoms with E-state index < -0.39 is 17.7 Å². The zero-order valence-electron chi connectivity index (χ0n) is 13.8. The standard InChI is InChI=1S/C16H12F3N3O2S2/c1-7-11-13(25-10-5-4-9(6-20-10)16(17,18)19)21-8(2)22-14(11)26-12(7)15(23)24-3/h4-6H,1-3H3. The van der Waals surface area contributed by atoms with E-state index in [0.29, 0.717) is 36.5 Å². The Balaban J connectivity index is 2.04. The molecule has 0 saturated carbocycles. The number of pyridine rings is 1. The first-order valence-corrected chi connectivity index (χ1v) is 8.91. The second-order valence-electron chi connectivity index (χ2n) is 5.29. The summed E-state index contributed by atoms with van der Waals surface area (Å²) < 4.78 is 42.8. The van der Waals surface area contributed by atoms with E-state index in [0.717, 1.165) is 24.0 Å². The molecule has 26 heavy (non-hydrogen) atoms. The molecule has 0 aromatic carbocycles. The molecule has 0 fully saturated rings. The lowest BCUT2D eigenvalue weighted by molar-refractivity contribution is -0.137. The van der Waals surface area contributed by atoms with E-state index in [1.807, 2.05) is 0 Å². The van der Waals surface area contributed by atoms with Gasteiger partial charge in [0, 0.05) is 11.6 Å². The number of hydrogen-bond donors (Lipinski definition) is 0. The number of aromatic nitrogens is 3. The van der Waals surface area contributed by atoms with E-state index in [4.69, 9.17) is 4.74 Å². The van der Waals surface area contributed by atoms with Crippen molar-refractivity contribution in [3.05, 3.63) is 40.2 Å². The predicted molar refractivity (Wildman–Crippen MR) is 91.6 cm³/mol. The van der Waals surface area contributed by atoms with Gasteiger partial charge in [-0.2, -0.15) is 13.2 Å². The fraction of sp³-hybridized carbons (Fsp3) is 0.250. The van der Waals surface area contributed by atoms with E-state index >= 15 is 0 Å². The third-order valence-electron chi connectivity index (χ3n) is 3.50. The predicted octanol–water partition coefficient (Wildman–Crippen LogP) is 4.66. The summed E-state index contributed by atoms with van der Waals surface area (Å²) in [5.74, 6) is 0.0244. The highest BCUT2D eigenvalue weighted by molar-refractivity contribution is 7.99. The molecule has 3 aromatic rings. The Labute approximate surface area is 154 Å². The highest BCUT2D eigenvalue weighted by Gasteiger charge is 2.30. The molecule has 0 unspecified atom stereocenters. The van der Waals surface area contributed by atoms with Gasteiger partial charge in [0.25, 0.3) is 0 Å². The van der Waals surface area contributed by atoms with Crippen LogP contribution in [0.15, 0.2) is 28.4 Å². The van der Waals surface area contributed by atoms with E-state index in [1.54, 1.807) is 13.8 Å². The van der Waals surface area contributed by atoms with Gasteiger partial charge < -0.3 is 4.74 Å². The Hall–Kier alpha value is -2.20. The Bertz CT molecular complexity index is 985. The number of fused-ring (bicyclic) bond motifs is 1. The molecule has 0 aliphatic rings. The molecule has 0 aliphatic heterocycles. The summed E-state index contributed by atoms with van der Waals surface area (Å²) in [6.45, 7) is 3.46. The molecule has 5 nitrogen and oxygen atoms in total. The second kappa shape index (κ2) is 6.84. The summed E-state index contributed by atoms with van der Waals surface area (Å²) in [6, 6.07) is 2.26. The van der Waals surface area contributed by atoms with Crippen LogP contribution in [0.3, 0.4) is 0 Å². The van der Waals surface area contributed by atoms with Gasteiger partial charge in [0.2, 0.25) is 0 Å². The average molecular weight is 399 g/mol. The zero-order chi connectivity index (χ0) is 19.1. The van der Waals surface area contributed by atoms with Gasteiger partial charge in [0.15, 0.2) is 0 Å². The Morgan fingerprint density at radius 2 is 1.96 bits per heavy atom. The molecule has 0 aliphatic carbocycles. The van der Waals surface area contributed by atoms with Crippen LogP contribution in [0.2, 0.25) is 0 Å². The van der Waals surface area contributed by atoms with Crippen LogP contribution in [-0.4, -0.2) is 28.0 Å². The van der Waals surface area contributed by atoms with Crippen LogP contribution in [0.4, 0.5) is 13.2 Å². The summed E-state index contributed by atoms with van der Waals surface area (Å²) in [6.07, 6.45) is -3.65. The molecular weight excluding hydrogens is 387 g/mol. The number of alkyl halides is 3. The van der Waals surface area contributed by atoms with Crippen molar-refractivity contribution in [2.75, 3.05) is 7.11 Å². The van der Waals surface area contributed by atoms with Crippen LogP contribution in [0, 0.1) is 13.8 Å². The lowest BCUT2D eigenvalue weighted by Crippen LogP contribution is -2.05. The molecule has 10 heteroatoms. The number of aryl methyl sites for hydroxylation is 2. The Kier molecular flexibility index (Phi) is 4.89. The maximum Gasteiger partial charge on any atom is 0.417 e. The third kappa shape index (κ3) is 3.51. The molecule has 0 amide bonds. The summed E-state index contributed by atoms with van der Waals surface area (Å²) in [7, 11) is 1.30. The van der Waals surface area contributed by atoms with Crippen molar-refractivity contribution in [3.8, 4) is 0 Å². The number of methoxy groups -OCH3 is 1. The number of hydrogen-bond acceptors (Lipinski definition) is 7. The third-order valence-corrected chi connectivity index (χ3v) is 5.61. The number of esters is 1. The SMILES string of the molecule is COC(=O)c1sc2nc(C)nc(Sc3ccc(C(F)(F)F)cn3)c2c1C. The van der Waals surface area contributed by atoms with Crippen molar-refractivity contribution < 1.29 is 22.7 Å². The minimum Gasteiger partial charge on any atom is -0.465 e. The van der Waals surface area contributed by atoms with Gasteiger partial charge in [0.05, 0.1) is 12.7 Å². The number of halogens is 3. The molecule has 3 aromatic heterocycles. The van der Waals surface area contributed by atoms with E-state index in [-0.39, 0.29) is 0 Å². The highest BCUT2D eigenvalue weighted by atomic mass is 32.2. The first-order valence-electron chi connectivity index (χ1n) is 7.28. The average Bonchev–Trinajstić information content (AvgIpc) is 2.90. The molecule has 0 spiro atoms. The first kappa shape index (κ1) is 18.6. The fourth-order valence-electron chi connectivity index (χ4n) is 2.27. The van der Waals surface area contributed by atoms with Crippen molar-refractivity contribution in [2.45, 2.75) is 30.1 Å². The van der Waals surface area contributed by atoms with Gasteiger partial charge >= 0.3 is 12.1 Å². The van der Waals surface area contributed by atoms with E-state index in [2.05, 4.69) is 15.0 Å². The molecule has 136 valence electrons. The van der Waals surface area contributed by atoms with Crippen molar-refractivity contribution in [1.29, 1.82) is 0 Å². The van der Waals surface area contributed by atoms with Crippen LogP contribution < -0.4 is 0 Å². The minimum atomic E-state index is -4.44. The monoisotopic (exact) mass is 399 g/mol. The van der Waals surface area contributed by atoms with Crippen molar-refractivity contribution >= 4 is 39.3 Å². The van der Waals surface area contributed by atoms with Gasteiger partial charge in [0.1, 0.15) is 25.6 Å². The summed E-state index contributed by atoms with van der Waals surface area (Å²) >= 11 is 2.32. The molecular formula is C16H12F3N3O2S2. The summed E-state index contributed by atoms with van der Waals surface area (Å²) in [5, 5.41) is 1.57. The minimum absolute atomic E-state index is 0.364. The molecule has 3 rings (SSSR count). The van der Waals surface area contributed by atoms with Crippen LogP contribution in [-0.2, 0) is 10.9 Å². The van der Waals surface area contributed by atoms with Crippen molar-refractivity contribution in [3.63, 3.8) is 0 Å². The number of carbonyl (C=O) groups excluding carboxylic acids is 1. The molecule has 0 saturated heterocycles. The Morgan fingerprint density at radius 3 is 2.54 bits per heavy atom. The maximum atomic E-state index is 12.7. The first-order chi connectivity index (χ1) is 12.2. The molecule has 0 bridgehead atoms. The highest BCUT2D eigenvalue weighted by Crippen LogP contribution is 2.38. The number of thiophene rings is 1. The van der Waals surface area contributed by atoms with E-state index in [9.17, 15) is 18.0 Å². The topological polar surface area (TPSA) is 65.0 Å². The molecule has 3 heterocycles. The summed E-state index contributed by atoms with van der Waals surface area (Å²) in [4.78, 5) is 25.5. The van der Waals surface area contributed by atoms with Crippen molar-refractivity contribution in [1.82, 2.24) is 15.0 Å². The number of nitrogens with zero attached hydrogens (tertiary/aromatic N) is 3. The molecule has 0 radical (unpaired) electrons. The fourth-order valence-corrected chi connectivity index (χ4v) is 4.45. The maximum absolute atomic E-state index is 12.7. The Morgan fingerprint density at radius 1 is 1.23 bits per heavy atom. The largest absolute Gasteiger partial charge is 0.465 e. The smallest absolute Gasteiger partial charge is 0.417 e. The van der Waals surface area contributed by atoms with Crippen LogP contribution in [0.1, 0.15) is 26.6 Å². The van der Waals surface area contributed by atoms with Gasteiger partial charge in [-0.25, -0.2) is 19.7 Å². The number of rotatable bonds is 3. The lowest BCUT2D eigenvalue weighted by Gasteiger charge is -2.07. The quantitative estimate of drug-likeness (QED) is 0.471.